The number of carbonyl (C=O) groups excluding carboxylic acids is 1. The van der Waals surface area contributed by atoms with Crippen molar-refractivity contribution in [2.24, 2.45) is 5.92 Å². The smallest absolute Gasteiger partial charge is 0.306 e. The van der Waals surface area contributed by atoms with Crippen molar-refractivity contribution in [3.63, 3.8) is 0 Å². The van der Waals surface area contributed by atoms with Crippen LogP contribution < -0.4 is 0 Å². The summed E-state index contributed by atoms with van der Waals surface area (Å²) in [4.78, 5) is 11.0. The van der Waals surface area contributed by atoms with Gasteiger partial charge < -0.3 is 9.84 Å². The van der Waals surface area contributed by atoms with Gasteiger partial charge in [0.1, 0.15) is 0 Å². The third kappa shape index (κ3) is 4.82. The molecule has 0 bridgehead atoms. The van der Waals surface area contributed by atoms with E-state index in [0.29, 0.717) is 12.0 Å². The van der Waals surface area contributed by atoms with E-state index in [4.69, 9.17) is 0 Å². The minimum Gasteiger partial charge on any atom is -0.469 e. The maximum atomic E-state index is 11.0. The van der Waals surface area contributed by atoms with E-state index in [9.17, 15) is 9.90 Å². The highest BCUT2D eigenvalue weighted by Crippen LogP contribution is 2.16. The van der Waals surface area contributed by atoms with E-state index in [1.54, 1.807) is 13.0 Å². The Bertz CT molecular complexity index is 221. The Morgan fingerprint density at radius 2 is 2.21 bits per heavy atom. The number of allylic oxidation sites excluding steroid dienone is 1. The first-order valence-corrected chi connectivity index (χ1v) is 4.54. The lowest BCUT2D eigenvalue weighted by Crippen LogP contribution is -2.16. The summed E-state index contributed by atoms with van der Waals surface area (Å²) in [5.41, 5.74) is 0.696. The molecule has 1 N–H and O–H groups in total. The lowest BCUT2D eigenvalue weighted by molar-refractivity contribution is -0.141. The van der Waals surface area contributed by atoms with Crippen LogP contribution in [0.25, 0.3) is 0 Å². The number of ether oxygens (including phenoxy) is 1. The highest BCUT2D eigenvalue weighted by molar-refractivity contribution is 5.69. The monoisotopic (exact) mass is 198 g/mol. The van der Waals surface area contributed by atoms with Crippen LogP contribution in [-0.2, 0) is 9.53 Å². The summed E-state index contributed by atoms with van der Waals surface area (Å²) in [5, 5.41) is 9.51. The Labute approximate surface area is 85.1 Å². The molecule has 0 aliphatic heterocycles. The number of carbonyl (C=O) groups is 1. The van der Waals surface area contributed by atoms with Crippen LogP contribution in [0.4, 0.5) is 0 Å². The van der Waals surface area contributed by atoms with E-state index in [1.807, 2.05) is 0 Å². The molecular formula is C11H18O3. The van der Waals surface area contributed by atoms with Gasteiger partial charge in [0, 0.05) is 0 Å². The molecule has 0 aliphatic carbocycles. The first kappa shape index (κ1) is 12.9. The second kappa shape index (κ2) is 6.38. The van der Waals surface area contributed by atoms with E-state index in [0.717, 1.165) is 0 Å². The minimum absolute atomic E-state index is 0.0610. The Morgan fingerprint density at radius 1 is 1.64 bits per heavy atom. The maximum Gasteiger partial charge on any atom is 0.306 e. The second-order valence-corrected chi connectivity index (χ2v) is 3.37. The Kier molecular flexibility index (Phi) is 5.88. The Hall–Kier alpha value is -1.09. The molecule has 0 amide bonds. The number of methoxy groups -OCH3 is 1. The standard InChI is InChI=1S/C11H18O3/c1-5-9(7-11(13)14-4)6-10(12)8(2)3/h5,9-10,12H,1-2,6-7H2,3-4H3/t9-,10+/m1/s1. The predicted molar refractivity (Wildman–Crippen MR) is 55.8 cm³/mol. The van der Waals surface area contributed by atoms with Crippen molar-refractivity contribution in [1.82, 2.24) is 0 Å². The average Bonchev–Trinajstić information content (AvgIpc) is 2.16. The highest BCUT2D eigenvalue weighted by atomic mass is 16.5. The van der Waals surface area contributed by atoms with Crippen LogP contribution in [0.5, 0.6) is 0 Å². The van der Waals surface area contributed by atoms with Gasteiger partial charge in [0.05, 0.1) is 19.6 Å². The van der Waals surface area contributed by atoms with Gasteiger partial charge in [-0.05, 0) is 19.3 Å². The van der Waals surface area contributed by atoms with Crippen molar-refractivity contribution < 1.29 is 14.6 Å². The quantitative estimate of drug-likeness (QED) is 0.521. The van der Waals surface area contributed by atoms with E-state index in [-0.39, 0.29) is 18.3 Å². The molecule has 0 fully saturated rings. The van der Waals surface area contributed by atoms with Crippen LogP contribution in [-0.4, -0.2) is 24.3 Å². The molecule has 0 radical (unpaired) electrons. The summed E-state index contributed by atoms with van der Waals surface area (Å²) in [7, 11) is 1.34. The Morgan fingerprint density at radius 3 is 2.57 bits per heavy atom. The van der Waals surface area contributed by atoms with Gasteiger partial charge in [-0.2, -0.15) is 0 Å². The molecule has 2 atom stereocenters. The largest absolute Gasteiger partial charge is 0.469 e. The van der Waals surface area contributed by atoms with E-state index in [2.05, 4.69) is 17.9 Å². The van der Waals surface area contributed by atoms with Crippen molar-refractivity contribution in [3.05, 3.63) is 24.8 Å². The van der Waals surface area contributed by atoms with Crippen molar-refractivity contribution >= 4 is 5.97 Å². The topological polar surface area (TPSA) is 46.5 Å². The van der Waals surface area contributed by atoms with Crippen molar-refractivity contribution in [3.8, 4) is 0 Å². The van der Waals surface area contributed by atoms with E-state index < -0.39 is 6.10 Å². The molecule has 3 nitrogen and oxygen atoms in total. The molecule has 0 heterocycles. The molecule has 0 spiro atoms. The molecule has 0 saturated heterocycles. The second-order valence-electron chi connectivity index (χ2n) is 3.37. The number of aliphatic hydroxyl groups excluding tert-OH is 1. The normalized spacial score (nSPS) is 14.2. The lowest BCUT2D eigenvalue weighted by atomic mass is 9.95. The molecule has 0 saturated carbocycles. The molecule has 0 unspecified atom stereocenters. The summed E-state index contributed by atoms with van der Waals surface area (Å²) in [6, 6.07) is 0. The molecule has 3 heteroatoms. The fourth-order valence-electron chi connectivity index (χ4n) is 1.05. The van der Waals surface area contributed by atoms with Gasteiger partial charge in [0.15, 0.2) is 0 Å². The van der Waals surface area contributed by atoms with E-state index in [1.165, 1.54) is 7.11 Å². The third-order valence-corrected chi connectivity index (χ3v) is 2.08. The van der Waals surface area contributed by atoms with Gasteiger partial charge in [0.25, 0.3) is 0 Å². The summed E-state index contributed by atoms with van der Waals surface area (Å²) in [6.07, 6.45) is 1.80. The molecule has 80 valence electrons. The molecule has 0 aromatic rings. The van der Waals surface area contributed by atoms with Crippen LogP contribution in [0, 0.1) is 5.92 Å². The maximum absolute atomic E-state index is 11.0. The zero-order valence-electron chi connectivity index (χ0n) is 8.82. The predicted octanol–water partition coefficient (Wildman–Crippen LogP) is 1.68. The summed E-state index contributed by atoms with van der Waals surface area (Å²) in [6.45, 7) is 9.01. The van der Waals surface area contributed by atoms with E-state index >= 15 is 0 Å². The molecule has 0 rings (SSSR count). The molecular weight excluding hydrogens is 180 g/mol. The van der Waals surface area contributed by atoms with Crippen LogP contribution in [0.2, 0.25) is 0 Å². The fraction of sp³-hybridized carbons (Fsp3) is 0.545. The van der Waals surface area contributed by atoms with Gasteiger partial charge in [0.2, 0.25) is 0 Å². The van der Waals surface area contributed by atoms with Crippen molar-refractivity contribution in [2.45, 2.75) is 25.9 Å². The number of esters is 1. The van der Waals surface area contributed by atoms with Crippen molar-refractivity contribution in [1.29, 1.82) is 0 Å². The zero-order chi connectivity index (χ0) is 11.1. The van der Waals surface area contributed by atoms with Gasteiger partial charge in [-0.15, -0.1) is 6.58 Å². The number of hydrogen-bond acceptors (Lipinski definition) is 3. The molecule has 0 aromatic heterocycles. The van der Waals surface area contributed by atoms with Gasteiger partial charge in [-0.3, -0.25) is 4.79 Å². The third-order valence-electron chi connectivity index (χ3n) is 2.08. The molecule has 14 heavy (non-hydrogen) atoms. The number of rotatable bonds is 6. The number of hydrogen-bond donors (Lipinski definition) is 1. The fourth-order valence-corrected chi connectivity index (χ4v) is 1.05. The molecule has 0 aromatic carbocycles. The SMILES string of the molecule is C=C[C@@H](CC(=O)OC)C[C@H](O)C(=C)C. The van der Waals surface area contributed by atoms with Crippen LogP contribution in [0.3, 0.4) is 0 Å². The van der Waals surface area contributed by atoms with Crippen molar-refractivity contribution in [2.75, 3.05) is 7.11 Å². The van der Waals surface area contributed by atoms with Gasteiger partial charge in [-0.25, -0.2) is 0 Å². The first-order valence-electron chi connectivity index (χ1n) is 4.54. The van der Waals surface area contributed by atoms with Crippen LogP contribution in [0.1, 0.15) is 19.8 Å². The van der Waals surface area contributed by atoms with Crippen LogP contribution >= 0.6 is 0 Å². The lowest BCUT2D eigenvalue weighted by Gasteiger charge is -2.15. The highest BCUT2D eigenvalue weighted by Gasteiger charge is 2.15. The average molecular weight is 198 g/mol. The zero-order valence-corrected chi connectivity index (χ0v) is 8.82. The molecule has 0 aliphatic rings. The number of aliphatic hydroxyl groups is 1. The Balaban J connectivity index is 4.09. The summed E-state index contributed by atoms with van der Waals surface area (Å²) >= 11 is 0. The first-order chi connectivity index (χ1) is 6.51. The minimum atomic E-state index is -0.581. The summed E-state index contributed by atoms with van der Waals surface area (Å²) < 4.78 is 4.53. The van der Waals surface area contributed by atoms with Gasteiger partial charge >= 0.3 is 5.97 Å². The van der Waals surface area contributed by atoms with Gasteiger partial charge in [-0.1, -0.05) is 18.2 Å². The van der Waals surface area contributed by atoms with Crippen LogP contribution in [0.15, 0.2) is 24.8 Å². The summed E-state index contributed by atoms with van der Waals surface area (Å²) in [5.74, 6) is -0.349.